The summed E-state index contributed by atoms with van der Waals surface area (Å²) in [6.07, 6.45) is 15.0. The predicted molar refractivity (Wildman–Crippen MR) is 187 cm³/mol. The molecule has 1 fully saturated rings. The lowest BCUT2D eigenvalue weighted by atomic mass is 9.82. The van der Waals surface area contributed by atoms with Gasteiger partial charge in [-0.3, -0.25) is 9.59 Å². The number of rotatable bonds is 20. The highest BCUT2D eigenvalue weighted by Gasteiger charge is 2.35. The summed E-state index contributed by atoms with van der Waals surface area (Å²) in [5.74, 6) is 0.424. The SMILES string of the molecule is C#CCCC(NC(=O)C(Cc1ccccc1)CS(=O)(=O)N(C)CCn1ccnc1)C(=O)N[C@@H](CC1CCCCC1)[C@@H](O)[C@@H](O)CC(C)C. The number of aliphatic hydroxyl groups is 2. The van der Waals surface area contributed by atoms with E-state index in [-0.39, 0.29) is 31.7 Å². The molecular weight excluding hydrogens is 630 g/mol. The number of benzene rings is 1. The van der Waals surface area contributed by atoms with Crippen LogP contribution in [0, 0.1) is 30.1 Å². The fourth-order valence-corrected chi connectivity index (χ4v) is 7.74. The van der Waals surface area contributed by atoms with Crippen molar-refractivity contribution in [2.45, 2.75) is 109 Å². The molecule has 0 radical (unpaired) electrons. The van der Waals surface area contributed by atoms with Crippen LogP contribution in [0.25, 0.3) is 0 Å². The molecule has 1 saturated carbocycles. The molecular formula is C36H55N5O6S. The van der Waals surface area contributed by atoms with Crippen LogP contribution in [0.2, 0.25) is 0 Å². The second kappa shape index (κ2) is 19.7. The normalized spacial score (nSPS) is 17.3. The number of terminal acetylenes is 1. The van der Waals surface area contributed by atoms with E-state index in [4.69, 9.17) is 6.42 Å². The Hall–Kier alpha value is -3.24. The highest BCUT2D eigenvalue weighted by Crippen LogP contribution is 2.29. The number of aliphatic hydroxyl groups excluding tert-OH is 2. The first-order valence-corrected chi connectivity index (χ1v) is 18.8. The number of carbonyl (C=O) groups excluding carboxylic acids is 2. The maximum absolute atomic E-state index is 13.9. The van der Waals surface area contributed by atoms with Crippen molar-refractivity contribution in [2.24, 2.45) is 17.8 Å². The standard InChI is InChI=1S/C36H55N5O6S/c1-5-6-17-31(36(45)39-32(24-29-15-11-8-12-16-29)34(43)33(42)22-27(2)3)38-35(44)30(23-28-13-9-7-10-14-28)25-48(46,47)40(4)20-21-41-19-18-37-26-41/h1,7,9-10,13-14,18-19,26-27,29-34,42-43H,6,8,11-12,15-17,20-25H2,2-4H3,(H,38,44)(H,39,45)/t30?,31?,32-,33-,34+/m0/s1. The van der Waals surface area contributed by atoms with E-state index in [1.165, 1.54) is 11.4 Å². The van der Waals surface area contributed by atoms with Gasteiger partial charge in [0.2, 0.25) is 21.8 Å². The molecule has 1 aliphatic carbocycles. The average Bonchev–Trinajstić information content (AvgIpc) is 3.58. The molecule has 2 unspecified atom stereocenters. The second-order valence-corrected chi connectivity index (χ2v) is 15.8. The van der Waals surface area contributed by atoms with Crippen LogP contribution in [0.4, 0.5) is 0 Å². The van der Waals surface area contributed by atoms with E-state index in [0.717, 1.165) is 37.7 Å². The van der Waals surface area contributed by atoms with Gasteiger partial charge in [-0.15, -0.1) is 12.3 Å². The molecule has 266 valence electrons. The van der Waals surface area contributed by atoms with Gasteiger partial charge in [0.05, 0.1) is 30.1 Å². The highest BCUT2D eigenvalue weighted by molar-refractivity contribution is 7.89. The summed E-state index contributed by atoms with van der Waals surface area (Å²) < 4.78 is 30.0. The van der Waals surface area contributed by atoms with Crippen molar-refractivity contribution in [3.05, 3.63) is 54.6 Å². The molecule has 2 amide bonds. The molecule has 0 spiro atoms. The zero-order valence-electron chi connectivity index (χ0n) is 28.7. The molecule has 48 heavy (non-hydrogen) atoms. The van der Waals surface area contributed by atoms with Gasteiger partial charge in [0.25, 0.3) is 0 Å². The van der Waals surface area contributed by atoms with Crippen LogP contribution >= 0.6 is 0 Å². The highest BCUT2D eigenvalue weighted by atomic mass is 32.2. The molecule has 0 saturated heterocycles. The molecule has 1 aliphatic rings. The largest absolute Gasteiger partial charge is 0.390 e. The molecule has 1 heterocycles. The van der Waals surface area contributed by atoms with E-state index >= 15 is 0 Å². The van der Waals surface area contributed by atoms with Crippen LogP contribution in [-0.4, -0.2) is 87.9 Å². The number of carbonyl (C=O) groups is 2. The molecule has 12 heteroatoms. The quantitative estimate of drug-likeness (QED) is 0.156. The van der Waals surface area contributed by atoms with Crippen LogP contribution in [0.15, 0.2) is 49.1 Å². The Balaban J connectivity index is 1.80. The van der Waals surface area contributed by atoms with Crippen molar-refractivity contribution in [3.63, 3.8) is 0 Å². The fraction of sp³-hybridized carbons (Fsp3) is 0.639. The summed E-state index contributed by atoms with van der Waals surface area (Å²) in [6.45, 7) is 4.51. The Morgan fingerprint density at radius 3 is 2.44 bits per heavy atom. The molecule has 1 aromatic carbocycles. The molecule has 5 atom stereocenters. The van der Waals surface area contributed by atoms with Crippen LogP contribution in [-0.2, 0) is 32.6 Å². The maximum Gasteiger partial charge on any atom is 0.242 e. The maximum atomic E-state index is 13.9. The molecule has 11 nitrogen and oxygen atoms in total. The topological polar surface area (TPSA) is 154 Å². The Bertz CT molecular complexity index is 1390. The van der Waals surface area contributed by atoms with Gasteiger partial charge in [-0.05, 0) is 43.1 Å². The van der Waals surface area contributed by atoms with Crippen LogP contribution in [0.1, 0.15) is 77.2 Å². The Labute approximate surface area is 287 Å². The molecule has 2 aromatic rings. The summed E-state index contributed by atoms with van der Waals surface area (Å²) in [5, 5.41) is 27.8. The minimum atomic E-state index is -3.87. The zero-order valence-corrected chi connectivity index (χ0v) is 29.5. The van der Waals surface area contributed by atoms with Crippen molar-refractivity contribution in [3.8, 4) is 12.3 Å². The average molecular weight is 686 g/mol. The lowest BCUT2D eigenvalue weighted by molar-refractivity contribution is -0.132. The first-order valence-electron chi connectivity index (χ1n) is 17.2. The predicted octanol–water partition coefficient (Wildman–Crippen LogP) is 3.12. The van der Waals surface area contributed by atoms with Crippen LogP contribution < -0.4 is 10.6 Å². The van der Waals surface area contributed by atoms with Gasteiger partial charge in [-0.2, -0.15) is 0 Å². The zero-order chi connectivity index (χ0) is 35.1. The van der Waals surface area contributed by atoms with Crippen LogP contribution in [0.3, 0.4) is 0 Å². The molecule has 3 rings (SSSR count). The summed E-state index contributed by atoms with van der Waals surface area (Å²) in [5.41, 5.74) is 0.786. The van der Waals surface area contributed by atoms with E-state index in [2.05, 4.69) is 21.5 Å². The van der Waals surface area contributed by atoms with Gasteiger partial charge >= 0.3 is 0 Å². The van der Waals surface area contributed by atoms with E-state index in [1.54, 1.807) is 23.3 Å². The fourth-order valence-electron chi connectivity index (χ4n) is 6.35. The summed E-state index contributed by atoms with van der Waals surface area (Å²) in [7, 11) is -2.39. The monoisotopic (exact) mass is 685 g/mol. The van der Waals surface area contributed by atoms with Crippen molar-refractivity contribution < 1.29 is 28.2 Å². The number of amides is 2. The Morgan fingerprint density at radius 1 is 1.10 bits per heavy atom. The van der Waals surface area contributed by atoms with Gasteiger partial charge in [-0.25, -0.2) is 17.7 Å². The summed E-state index contributed by atoms with van der Waals surface area (Å²) in [4.78, 5) is 31.7. The van der Waals surface area contributed by atoms with Crippen molar-refractivity contribution >= 4 is 21.8 Å². The van der Waals surface area contributed by atoms with E-state index in [0.29, 0.717) is 25.3 Å². The minimum absolute atomic E-state index is 0.129. The number of imidazole rings is 1. The van der Waals surface area contributed by atoms with Gasteiger partial charge in [-0.1, -0.05) is 76.3 Å². The molecule has 1 aromatic heterocycles. The third-order valence-electron chi connectivity index (χ3n) is 9.18. The lowest BCUT2D eigenvalue weighted by Crippen LogP contribution is -2.56. The van der Waals surface area contributed by atoms with E-state index < -0.39 is 57.8 Å². The molecule has 4 N–H and O–H groups in total. The first kappa shape index (κ1) is 39.2. The molecule has 0 bridgehead atoms. The van der Waals surface area contributed by atoms with Gasteiger partial charge in [0, 0.05) is 39.0 Å². The van der Waals surface area contributed by atoms with Gasteiger partial charge in [0.15, 0.2) is 0 Å². The van der Waals surface area contributed by atoms with E-state index in [1.807, 2.05) is 44.2 Å². The van der Waals surface area contributed by atoms with E-state index in [9.17, 15) is 28.2 Å². The van der Waals surface area contributed by atoms with Gasteiger partial charge < -0.3 is 25.4 Å². The van der Waals surface area contributed by atoms with Crippen molar-refractivity contribution in [1.82, 2.24) is 24.5 Å². The Kier molecular flexibility index (Phi) is 16.1. The van der Waals surface area contributed by atoms with Gasteiger partial charge in [0.1, 0.15) is 12.1 Å². The summed E-state index contributed by atoms with van der Waals surface area (Å²) >= 11 is 0. The Morgan fingerprint density at radius 2 is 1.81 bits per heavy atom. The van der Waals surface area contributed by atoms with Crippen LogP contribution in [0.5, 0.6) is 0 Å². The number of hydrogen-bond donors (Lipinski definition) is 4. The lowest BCUT2D eigenvalue weighted by Gasteiger charge is -2.34. The number of nitrogens with zero attached hydrogens (tertiary/aromatic N) is 3. The minimum Gasteiger partial charge on any atom is -0.390 e. The molecule has 0 aliphatic heterocycles. The van der Waals surface area contributed by atoms with Crippen molar-refractivity contribution in [2.75, 3.05) is 19.3 Å². The number of aromatic nitrogens is 2. The van der Waals surface area contributed by atoms with Crippen molar-refractivity contribution in [1.29, 1.82) is 0 Å². The number of nitrogens with one attached hydrogen (secondary N) is 2. The third kappa shape index (κ3) is 13.0. The number of hydrogen-bond acceptors (Lipinski definition) is 7. The smallest absolute Gasteiger partial charge is 0.242 e. The second-order valence-electron chi connectivity index (χ2n) is 13.6. The summed E-state index contributed by atoms with van der Waals surface area (Å²) in [6, 6.07) is 7.38. The first-order chi connectivity index (χ1) is 22.9. The number of likely N-dealkylation sites (N-methyl/N-ethyl adjacent to an activating group) is 1. The number of sulfonamides is 1. The third-order valence-corrected chi connectivity index (χ3v) is 11.1.